The molecular weight excluding hydrogens is 293 g/mol. The third kappa shape index (κ3) is 2.55. The molecule has 2 aromatic carbocycles. The highest BCUT2D eigenvalue weighted by Gasteiger charge is 2.16. The number of nitrogens with zero attached hydrogens (tertiary/aromatic N) is 2. The number of carbonyl (C=O) groups excluding carboxylic acids is 1. The zero-order chi connectivity index (χ0) is 14.8. The minimum absolute atomic E-state index is 0.0593. The van der Waals surface area contributed by atoms with Crippen LogP contribution in [0.1, 0.15) is 10.4 Å². The Labute approximate surface area is 123 Å². The van der Waals surface area contributed by atoms with E-state index in [1.807, 2.05) is 0 Å². The van der Waals surface area contributed by atoms with Crippen LogP contribution in [0.25, 0.3) is 0 Å². The standard InChI is InChI=1S/C14H10FN3O2S/c1-20-8-5-6-9(10(15)7-8)14(19)16-11-3-2-4-12-13(11)18-21-17-12/h2-7H,1H3,(H,16,19). The molecule has 0 aromatic heterocycles. The van der Waals surface area contributed by atoms with Gasteiger partial charge in [-0.1, -0.05) is 6.07 Å². The lowest BCUT2D eigenvalue weighted by Gasteiger charge is -2.09. The molecule has 0 unspecified atom stereocenters. The molecule has 21 heavy (non-hydrogen) atoms. The van der Waals surface area contributed by atoms with E-state index in [1.165, 1.54) is 25.3 Å². The summed E-state index contributed by atoms with van der Waals surface area (Å²) in [6.07, 6.45) is 0. The van der Waals surface area contributed by atoms with Crippen molar-refractivity contribution in [2.75, 3.05) is 12.4 Å². The van der Waals surface area contributed by atoms with Gasteiger partial charge in [-0.05, 0) is 24.3 Å². The molecule has 0 aliphatic carbocycles. The van der Waals surface area contributed by atoms with Gasteiger partial charge in [-0.25, -0.2) is 4.39 Å². The number of anilines is 1. The summed E-state index contributed by atoms with van der Waals surface area (Å²) in [5, 5.41) is 2.65. The number of hydrogen-bond donors (Lipinski definition) is 1. The van der Waals surface area contributed by atoms with Crippen molar-refractivity contribution in [3.8, 4) is 5.75 Å². The summed E-state index contributed by atoms with van der Waals surface area (Å²) in [5.74, 6) is -0.832. The Morgan fingerprint density at radius 2 is 2.14 bits per heavy atom. The molecule has 1 aliphatic rings. The van der Waals surface area contributed by atoms with Crippen molar-refractivity contribution in [3.63, 3.8) is 0 Å². The highest BCUT2D eigenvalue weighted by Crippen LogP contribution is 2.38. The number of halogens is 1. The van der Waals surface area contributed by atoms with E-state index in [9.17, 15) is 9.18 Å². The van der Waals surface area contributed by atoms with E-state index in [4.69, 9.17) is 4.74 Å². The molecule has 5 nitrogen and oxygen atoms in total. The number of ether oxygens (including phenoxy) is 1. The Kier molecular flexibility index (Phi) is 3.49. The monoisotopic (exact) mass is 303 g/mol. The van der Waals surface area contributed by atoms with Gasteiger partial charge in [0.2, 0.25) is 0 Å². The fourth-order valence-electron chi connectivity index (χ4n) is 1.90. The minimum Gasteiger partial charge on any atom is -0.497 e. The smallest absolute Gasteiger partial charge is 0.258 e. The molecule has 3 rings (SSSR count). The summed E-state index contributed by atoms with van der Waals surface area (Å²) in [7, 11) is 1.43. The van der Waals surface area contributed by atoms with Gasteiger partial charge in [0, 0.05) is 6.07 Å². The average Bonchev–Trinajstić information content (AvgIpc) is 2.96. The maximum Gasteiger partial charge on any atom is 0.258 e. The van der Waals surface area contributed by atoms with Gasteiger partial charge >= 0.3 is 0 Å². The average molecular weight is 303 g/mol. The van der Waals surface area contributed by atoms with E-state index >= 15 is 0 Å². The van der Waals surface area contributed by atoms with Crippen LogP contribution >= 0.6 is 0 Å². The van der Waals surface area contributed by atoms with Crippen molar-refractivity contribution in [2.45, 2.75) is 0 Å². The van der Waals surface area contributed by atoms with E-state index in [2.05, 4.69) is 14.0 Å². The fourth-order valence-corrected chi connectivity index (χ4v) is 2.45. The van der Waals surface area contributed by atoms with Crippen LogP contribution in [-0.2, 0) is 11.4 Å². The largest absolute Gasteiger partial charge is 0.497 e. The van der Waals surface area contributed by atoms with Gasteiger partial charge in [0.05, 0.1) is 29.7 Å². The molecule has 7 heteroatoms. The highest BCUT2D eigenvalue weighted by atomic mass is 32.1. The SMILES string of the molecule is COc1ccc(C(=O)Nc2cccc3c2N=S=N3)c(F)c1. The number of hydrogen-bond acceptors (Lipinski definition) is 4. The van der Waals surface area contributed by atoms with Crippen LogP contribution in [0.2, 0.25) is 0 Å². The van der Waals surface area contributed by atoms with Crippen molar-refractivity contribution in [1.82, 2.24) is 0 Å². The zero-order valence-corrected chi connectivity index (χ0v) is 11.8. The number of fused-ring (bicyclic) bond motifs is 1. The maximum absolute atomic E-state index is 13.9. The van der Waals surface area contributed by atoms with Gasteiger partial charge in [0.1, 0.15) is 22.9 Å². The Hall–Kier alpha value is -2.54. The predicted molar refractivity (Wildman–Crippen MR) is 78.9 cm³/mol. The summed E-state index contributed by atoms with van der Waals surface area (Å²) in [5.41, 5.74) is 1.72. The lowest BCUT2D eigenvalue weighted by Crippen LogP contribution is -2.13. The van der Waals surface area contributed by atoms with Crippen molar-refractivity contribution >= 4 is 34.3 Å². The topological polar surface area (TPSA) is 63.0 Å². The number of methoxy groups -OCH3 is 1. The first-order valence-corrected chi connectivity index (χ1v) is 6.78. The summed E-state index contributed by atoms with van der Waals surface area (Å²) >= 11 is 1.06. The molecular formula is C14H10FN3O2S. The van der Waals surface area contributed by atoms with Crippen molar-refractivity contribution in [3.05, 3.63) is 47.8 Å². The third-order valence-corrected chi connectivity index (χ3v) is 3.50. The molecule has 106 valence electrons. The Bertz CT molecular complexity index is 801. The van der Waals surface area contributed by atoms with Crippen LogP contribution in [0, 0.1) is 5.82 Å². The molecule has 1 heterocycles. The van der Waals surface area contributed by atoms with Gasteiger partial charge < -0.3 is 10.1 Å². The summed E-state index contributed by atoms with van der Waals surface area (Å²) in [6.45, 7) is 0. The van der Waals surface area contributed by atoms with Crippen LogP contribution in [0.5, 0.6) is 5.75 Å². The Morgan fingerprint density at radius 3 is 2.90 bits per heavy atom. The van der Waals surface area contributed by atoms with E-state index in [1.54, 1.807) is 18.2 Å². The van der Waals surface area contributed by atoms with Crippen molar-refractivity contribution in [1.29, 1.82) is 0 Å². The Morgan fingerprint density at radius 1 is 1.29 bits per heavy atom. The number of rotatable bonds is 3. The molecule has 2 aromatic rings. The third-order valence-electron chi connectivity index (χ3n) is 2.96. The van der Waals surface area contributed by atoms with Crippen molar-refractivity contribution in [2.24, 2.45) is 8.73 Å². The van der Waals surface area contributed by atoms with Crippen LogP contribution < -0.4 is 10.1 Å². The van der Waals surface area contributed by atoms with Gasteiger partial charge in [0.25, 0.3) is 5.91 Å². The first-order valence-electron chi connectivity index (χ1n) is 6.05. The maximum atomic E-state index is 13.9. The van der Waals surface area contributed by atoms with Crippen LogP contribution in [0.3, 0.4) is 0 Å². The van der Waals surface area contributed by atoms with Crippen LogP contribution in [-0.4, -0.2) is 13.0 Å². The molecule has 0 saturated carbocycles. The first-order chi connectivity index (χ1) is 10.2. The van der Waals surface area contributed by atoms with E-state index in [0.717, 1.165) is 11.4 Å². The lowest BCUT2D eigenvalue weighted by molar-refractivity contribution is 0.102. The number of nitrogens with one attached hydrogen (secondary N) is 1. The normalized spacial score (nSPS) is 11.7. The number of carbonyl (C=O) groups is 1. The second kappa shape index (κ2) is 5.45. The van der Waals surface area contributed by atoms with Gasteiger partial charge in [0.15, 0.2) is 0 Å². The quantitative estimate of drug-likeness (QED) is 0.799. The summed E-state index contributed by atoms with van der Waals surface area (Å²) < 4.78 is 27.0. The molecule has 0 spiro atoms. The van der Waals surface area contributed by atoms with Crippen LogP contribution in [0.4, 0.5) is 21.5 Å². The van der Waals surface area contributed by atoms with Gasteiger partial charge in [-0.3, -0.25) is 4.79 Å². The van der Waals surface area contributed by atoms with E-state index in [-0.39, 0.29) is 5.56 Å². The Balaban J connectivity index is 1.88. The molecule has 0 atom stereocenters. The number of benzene rings is 2. The van der Waals surface area contributed by atoms with E-state index < -0.39 is 11.7 Å². The lowest BCUT2D eigenvalue weighted by atomic mass is 10.1. The van der Waals surface area contributed by atoms with Crippen molar-refractivity contribution < 1.29 is 13.9 Å². The molecule has 0 bridgehead atoms. The molecule has 0 fully saturated rings. The fraction of sp³-hybridized carbons (Fsp3) is 0.0714. The second-order valence-corrected chi connectivity index (χ2v) is 4.77. The molecule has 1 aliphatic heterocycles. The zero-order valence-electron chi connectivity index (χ0n) is 11.0. The predicted octanol–water partition coefficient (Wildman–Crippen LogP) is 3.81. The first kappa shape index (κ1) is 13.4. The van der Waals surface area contributed by atoms with Crippen LogP contribution in [0.15, 0.2) is 45.1 Å². The molecule has 0 radical (unpaired) electrons. The van der Waals surface area contributed by atoms with Gasteiger partial charge in [-0.15, -0.1) is 0 Å². The molecule has 0 saturated heterocycles. The van der Waals surface area contributed by atoms with E-state index in [0.29, 0.717) is 22.8 Å². The van der Waals surface area contributed by atoms with Gasteiger partial charge in [-0.2, -0.15) is 8.73 Å². The minimum atomic E-state index is -0.643. The molecule has 1 N–H and O–H groups in total. The number of amides is 1. The highest BCUT2D eigenvalue weighted by molar-refractivity contribution is 7.58. The summed E-state index contributed by atoms with van der Waals surface area (Å²) in [6, 6.07) is 9.32. The molecule has 1 amide bonds. The summed E-state index contributed by atoms with van der Waals surface area (Å²) in [4.78, 5) is 12.2. The second-order valence-electron chi connectivity index (χ2n) is 4.24.